The number of rotatable bonds is 5. The normalized spacial score (nSPS) is 13.9. The van der Waals surface area contributed by atoms with Gasteiger partial charge in [-0.05, 0) is 11.5 Å². The molecule has 1 atom stereocenters. The average Bonchev–Trinajstić information content (AvgIpc) is 2.14. The van der Waals surface area contributed by atoms with Gasteiger partial charge in [0.05, 0.1) is 6.07 Å². The van der Waals surface area contributed by atoms with Gasteiger partial charge in [0, 0.05) is 0 Å². The maximum atomic E-state index is 10.8. The van der Waals surface area contributed by atoms with E-state index in [2.05, 4.69) is 6.58 Å². The Labute approximate surface area is 90.0 Å². The van der Waals surface area contributed by atoms with Crippen LogP contribution in [0.4, 0.5) is 0 Å². The fourth-order valence-electron chi connectivity index (χ4n) is 0.960. The first-order chi connectivity index (χ1) is 7.02. The first-order valence-corrected chi connectivity index (χ1v) is 4.66. The van der Waals surface area contributed by atoms with Gasteiger partial charge in [-0.15, -0.1) is 0 Å². The van der Waals surface area contributed by atoms with Gasteiger partial charge in [-0.1, -0.05) is 44.7 Å². The molecular weight excluding hydrogens is 190 g/mol. The zero-order valence-corrected chi connectivity index (χ0v) is 8.97. The maximum absolute atomic E-state index is 10.8. The molecular formula is C12H15NO2. The number of hydrogen-bond donors (Lipinski definition) is 1. The fraction of sp³-hybridized carbons (Fsp3) is 0.333. The van der Waals surface area contributed by atoms with E-state index in [1.54, 1.807) is 18.2 Å². The lowest BCUT2D eigenvalue weighted by molar-refractivity contribution is -0.138. The number of carboxylic acids is 1. The number of carboxylic acid groups (broad SMARTS) is 1. The van der Waals surface area contributed by atoms with E-state index in [0.29, 0.717) is 11.5 Å². The molecule has 0 amide bonds. The van der Waals surface area contributed by atoms with E-state index in [0.717, 1.165) is 0 Å². The molecule has 0 aromatic heterocycles. The number of carbonyl (C=O) groups is 1. The fourth-order valence-corrected chi connectivity index (χ4v) is 0.960. The molecule has 3 nitrogen and oxygen atoms in total. The highest BCUT2D eigenvalue weighted by Gasteiger charge is 2.19. The SMILES string of the molecule is C=C/C=C(\C=C/C(C)C)C(C#N)C(=O)O. The highest BCUT2D eigenvalue weighted by Crippen LogP contribution is 2.13. The van der Waals surface area contributed by atoms with Crippen LogP contribution in [-0.2, 0) is 4.79 Å². The highest BCUT2D eigenvalue weighted by molar-refractivity contribution is 5.77. The van der Waals surface area contributed by atoms with E-state index in [4.69, 9.17) is 10.4 Å². The minimum absolute atomic E-state index is 0.311. The number of aliphatic carboxylic acids is 1. The first kappa shape index (κ1) is 13.2. The van der Waals surface area contributed by atoms with Gasteiger partial charge in [0.1, 0.15) is 0 Å². The van der Waals surface area contributed by atoms with Crippen molar-refractivity contribution in [1.29, 1.82) is 5.26 Å². The standard InChI is InChI=1S/C12H15NO2/c1-4-5-10(7-6-9(2)3)11(8-13)12(14)15/h4-7,9,11H,1H2,2-3H3,(H,14,15)/b7-6-,10-5+. The summed E-state index contributed by atoms with van der Waals surface area (Å²) < 4.78 is 0. The third kappa shape index (κ3) is 4.82. The number of allylic oxidation sites excluding steroid dienone is 4. The molecule has 0 bridgehead atoms. The number of nitriles is 1. The molecule has 0 saturated carbocycles. The summed E-state index contributed by atoms with van der Waals surface area (Å²) in [7, 11) is 0. The Hall–Kier alpha value is -1.82. The summed E-state index contributed by atoms with van der Waals surface area (Å²) in [5.41, 5.74) is 0.453. The van der Waals surface area contributed by atoms with Crippen LogP contribution in [0.2, 0.25) is 0 Å². The largest absolute Gasteiger partial charge is 0.480 e. The quantitative estimate of drug-likeness (QED) is 0.701. The summed E-state index contributed by atoms with van der Waals surface area (Å²) in [6.07, 6.45) is 6.53. The van der Waals surface area contributed by atoms with Crippen molar-refractivity contribution in [2.24, 2.45) is 11.8 Å². The second kappa shape index (κ2) is 6.61. The van der Waals surface area contributed by atoms with Crippen LogP contribution in [0.3, 0.4) is 0 Å². The summed E-state index contributed by atoms with van der Waals surface area (Å²) in [4.78, 5) is 10.8. The molecule has 1 N–H and O–H groups in total. The monoisotopic (exact) mass is 205 g/mol. The van der Waals surface area contributed by atoms with E-state index in [9.17, 15) is 4.79 Å². The molecule has 0 aliphatic carbocycles. The molecule has 0 fully saturated rings. The summed E-state index contributed by atoms with van der Waals surface area (Å²) >= 11 is 0. The van der Waals surface area contributed by atoms with Crippen LogP contribution in [-0.4, -0.2) is 11.1 Å². The lowest BCUT2D eigenvalue weighted by Gasteiger charge is -2.04. The minimum atomic E-state index is -1.14. The first-order valence-electron chi connectivity index (χ1n) is 4.66. The van der Waals surface area contributed by atoms with Gasteiger partial charge in [-0.3, -0.25) is 4.79 Å². The predicted octanol–water partition coefficient (Wildman–Crippen LogP) is 2.54. The van der Waals surface area contributed by atoms with Crippen LogP contribution in [0.1, 0.15) is 13.8 Å². The second-order valence-corrected chi connectivity index (χ2v) is 3.41. The average molecular weight is 205 g/mol. The number of nitrogens with zero attached hydrogens (tertiary/aromatic N) is 1. The smallest absolute Gasteiger partial charge is 0.325 e. The van der Waals surface area contributed by atoms with Crippen molar-refractivity contribution in [1.82, 2.24) is 0 Å². The molecule has 0 aliphatic heterocycles. The molecule has 15 heavy (non-hydrogen) atoms. The van der Waals surface area contributed by atoms with E-state index in [1.807, 2.05) is 19.9 Å². The van der Waals surface area contributed by atoms with Gasteiger partial charge in [0.25, 0.3) is 0 Å². The van der Waals surface area contributed by atoms with Crippen LogP contribution >= 0.6 is 0 Å². The second-order valence-electron chi connectivity index (χ2n) is 3.41. The zero-order valence-electron chi connectivity index (χ0n) is 8.97. The Kier molecular flexibility index (Phi) is 5.81. The number of hydrogen-bond acceptors (Lipinski definition) is 2. The summed E-state index contributed by atoms with van der Waals surface area (Å²) in [5, 5.41) is 17.5. The molecule has 0 saturated heterocycles. The van der Waals surface area contributed by atoms with Crippen LogP contribution in [0.5, 0.6) is 0 Å². The topological polar surface area (TPSA) is 61.1 Å². The van der Waals surface area contributed by atoms with Gasteiger partial charge < -0.3 is 5.11 Å². The zero-order chi connectivity index (χ0) is 11.8. The molecule has 3 heteroatoms. The molecule has 0 aromatic carbocycles. The Balaban J connectivity index is 4.98. The van der Waals surface area contributed by atoms with Gasteiger partial charge in [-0.25, -0.2) is 0 Å². The molecule has 80 valence electrons. The lowest BCUT2D eigenvalue weighted by Crippen LogP contribution is -2.13. The molecule has 0 aliphatic rings. The minimum Gasteiger partial charge on any atom is -0.480 e. The van der Waals surface area contributed by atoms with Gasteiger partial charge in [0.2, 0.25) is 0 Å². The predicted molar refractivity (Wildman–Crippen MR) is 59.0 cm³/mol. The molecule has 0 spiro atoms. The van der Waals surface area contributed by atoms with E-state index >= 15 is 0 Å². The van der Waals surface area contributed by atoms with Crippen molar-refractivity contribution in [2.75, 3.05) is 0 Å². The Morgan fingerprint density at radius 2 is 2.13 bits per heavy atom. The lowest BCUT2D eigenvalue weighted by atomic mass is 9.98. The summed E-state index contributed by atoms with van der Waals surface area (Å²) in [6.45, 7) is 7.44. The molecule has 0 heterocycles. The van der Waals surface area contributed by atoms with Crippen LogP contribution in [0.15, 0.2) is 36.5 Å². The van der Waals surface area contributed by atoms with Gasteiger partial charge in [-0.2, -0.15) is 5.26 Å². The van der Waals surface area contributed by atoms with Crippen molar-refractivity contribution in [3.8, 4) is 6.07 Å². The summed E-state index contributed by atoms with van der Waals surface area (Å²) in [6, 6.07) is 1.74. The van der Waals surface area contributed by atoms with Gasteiger partial charge >= 0.3 is 5.97 Å². The third-order valence-corrected chi connectivity index (χ3v) is 1.69. The molecule has 1 unspecified atom stereocenters. The van der Waals surface area contributed by atoms with Gasteiger partial charge in [0.15, 0.2) is 5.92 Å². The van der Waals surface area contributed by atoms with Crippen molar-refractivity contribution in [3.05, 3.63) is 36.5 Å². The summed E-state index contributed by atoms with van der Waals surface area (Å²) in [5.74, 6) is -1.96. The van der Waals surface area contributed by atoms with Crippen molar-refractivity contribution < 1.29 is 9.90 Å². The Morgan fingerprint density at radius 3 is 2.47 bits per heavy atom. The van der Waals surface area contributed by atoms with Crippen LogP contribution < -0.4 is 0 Å². The van der Waals surface area contributed by atoms with E-state index < -0.39 is 11.9 Å². The maximum Gasteiger partial charge on any atom is 0.325 e. The Morgan fingerprint density at radius 1 is 1.53 bits per heavy atom. The molecule has 0 aromatic rings. The highest BCUT2D eigenvalue weighted by atomic mass is 16.4. The molecule has 0 rings (SSSR count). The third-order valence-electron chi connectivity index (χ3n) is 1.69. The molecule has 0 radical (unpaired) electrons. The Bertz CT molecular complexity index is 332. The van der Waals surface area contributed by atoms with E-state index in [-0.39, 0.29) is 0 Å². The van der Waals surface area contributed by atoms with Crippen molar-refractivity contribution in [2.45, 2.75) is 13.8 Å². The van der Waals surface area contributed by atoms with Crippen molar-refractivity contribution >= 4 is 5.97 Å². The van der Waals surface area contributed by atoms with E-state index in [1.165, 1.54) is 6.08 Å². The van der Waals surface area contributed by atoms with Crippen molar-refractivity contribution in [3.63, 3.8) is 0 Å². The van der Waals surface area contributed by atoms with Crippen LogP contribution in [0.25, 0.3) is 0 Å². The van der Waals surface area contributed by atoms with Crippen LogP contribution in [0, 0.1) is 23.2 Å².